The summed E-state index contributed by atoms with van der Waals surface area (Å²) >= 11 is 1.40. The maximum absolute atomic E-state index is 11.6. The first-order chi connectivity index (χ1) is 8.13. The highest BCUT2D eigenvalue weighted by molar-refractivity contribution is 7.12. The van der Waals surface area contributed by atoms with Crippen molar-refractivity contribution in [3.63, 3.8) is 0 Å². The highest BCUT2D eigenvalue weighted by atomic mass is 32.1. The van der Waals surface area contributed by atoms with E-state index in [1.54, 1.807) is 13.2 Å². The number of carbonyl (C=O) groups is 2. The van der Waals surface area contributed by atoms with Gasteiger partial charge in [0.05, 0.1) is 11.5 Å². The summed E-state index contributed by atoms with van der Waals surface area (Å²) in [6, 6.07) is 3.58. The van der Waals surface area contributed by atoms with Crippen molar-refractivity contribution in [3.8, 4) is 0 Å². The molecule has 0 saturated carbocycles. The maximum atomic E-state index is 11.6. The highest BCUT2D eigenvalue weighted by Gasteiger charge is 2.11. The number of amides is 1. The number of hydrogen-bond acceptors (Lipinski definition) is 4. The van der Waals surface area contributed by atoms with Crippen molar-refractivity contribution in [2.24, 2.45) is 0 Å². The molecule has 1 amide bonds. The van der Waals surface area contributed by atoms with Gasteiger partial charge in [0.25, 0.3) is 0 Å². The molecule has 0 saturated heterocycles. The summed E-state index contributed by atoms with van der Waals surface area (Å²) in [5, 5.41) is 4.62. The average molecular weight is 255 g/mol. The number of Topliss-reactive ketones (excluding diaryl/α,β-unsaturated/α-hetero) is 1. The molecular weight excluding hydrogens is 238 g/mol. The molecule has 0 fully saturated rings. The number of hydrogen-bond donors (Lipinski definition) is 1. The average Bonchev–Trinajstić information content (AvgIpc) is 2.79. The number of ether oxygens (including phenoxy) is 1. The lowest BCUT2D eigenvalue weighted by atomic mass is 10.2. The van der Waals surface area contributed by atoms with Gasteiger partial charge in [-0.05, 0) is 18.4 Å². The Morgan fingerprint density at radius 1 is 1.47 bits per heavy atom. The summed E-state index contributed by atoms with van der Waals surface area (Å²) < 4.78 is 4.91. The van der Waals surface area contributed by atoms with Crippen LogP contribution in [0.5, 0.6) is 0 Å². The van der Waals surface area contributed by atoms with Gasteiger partial charge < -0.3 is 10.1 Å². The fraction of sp³-hybridized carbons (Fsp3) is 0.500. The Morgan fingerprint density at radius 2 is 2.24 bits per heavy atom. The van der Waals surface area contributed by atoms with Crippen molar-refractivity contribution in [2.75, 3.05) is 13.7 Å². The van der Waals surface area contributed by atoms with E-state index in [1.165, 1.54) is 11.3 Å². The van der Waals surface area contributed by atoms with Crippen LogP contribution in [0.2, 0.25) is 0 Å². The number of ketones is 1. The van der Waals surface area contributed by atoms with Gasteiger partial charge in [0, 0.05) is 26.0 Å². The molecule has 5 heteroatoms. The van der Waals surface area contributed by atoms with E-state index in [2.05, 4.69) is 5.32 Å². The lowest BCUT2D eigenvalue weighted by molar-refractivity contribution is -0.122. The zero-order valence-electron chi connectivity index (χ0n) is 10.1. The monoisotopic (exact) mass is 255 g/mol. The first kappa shape index (κ1) is 13.9. The molecule has 1 aromatic heterocycles. The van der Waals surface area contributed by atoms with E-state index in [9.17, 15) is 9.59 Å². The van der Waals surface area contributed by atoms with E-state index in [0.29, 0.717) is 11.5 Å². The van der Waals surface area contributed by atoms with Crippen molar-refractivity contribution in [3.05, 3.63) is 22.4 Å². The molecule has 94 valence electrons. The van der Waals surface area contributed by atoms with Crippen LogP contribution in [-0.2, 0) is 9.53 Å². The van der Waals surface area contributed by atoms with E-state index in [-0.39, 0.29) is 30.6 Å². The Labute approximate surface area is 105 Å². The summed E-state index contributed by atoms with van der Waals surface area (Å²) in [5.41, 5.74) is 0. The molecule has 0 aliphatic rings. The third kappa shape index (κ3) is 5.10. The van der Waals surface area contributed by atoms with Gasteiger partial charge in [0.15, 0.2) is 5.78 Å². The Morgan fingerprint density at radius 3 is 2.82 bits per heavy atom. The SMILES string of the molecule is COCC(C)NC(=O)CCC(=O)c1cccs1. The molecule has 0 radical (unpaired) electrons. The van der Waals surface area contributed by atoms with E-state index >= 15 is 0 Å². The van der Waals surface area contributed by atoms with Crippen molar-refractivity contribution < 1.29 is 14.3 Å². The molecule has 1 atom stereocenters. The van der Waals surface area contributed by atoms with Crippen LogP contribution in [-0.4, -0.2) is 31.4 Å². The molecule has 4 nitrogen and oxygen atoms in total. The molecule has 1 heterocycles. The second-order valence-corrected chi connectivity index (χ2v) is 4.77. The third-order valence-corrected chi connectivity index (χ3v) is 3.11. The molecule has 1 N–H and O–H groups in total. The maximum Gasteiger partial charge on any atom is 0.220 e. The minimum atomic E-state index is -0.112. The van der Waals surface area contributed by atoms with Gasteiger partial charge in [0.1, 0.15) is 0 Å². The zero-order valence-corrected chi connectivity index (χ0v) is 10.9. The molecule has 1 aromatic rings. The number of methoxy groups -OCH3 is 1. The Balaban J connectivity index is 2.26. The van der Waals surface area contributed by atoms with E-state index < -0.39 is 0 Å². The fourth-order valence-electron chi connectivity index (χ4n) is 1.43. The second-order valence-electron chi connectivity index (χ2n) is 3.82. The smallest absolute Gasteiger partial charge is 0.220 e. The molecule has 0 aliphatic carbocycles. The van der Waals surface area contributed by atoms with Crippen LogP contribution >= 0.6 is 11.3 Å². The van der Waals surface area contributed by atoms with Crippen LogP contribution in [0.3, 0.4) is 0 Å². The molecule has 0 aromatic carbocycles. The van der Waals surface area contributed by atoms with Gasteiger partial charge in [-0.1, -0.05) is 6.07 Å². The Kier molecular flexibility index (Phi) is 5.86. The number of thiophene rings is 1. The quantitative estimate of drug-likeness (QED) is 0.757. The molecule has 0 bridgehead atoms. The molecule has 1 unspecified atom stereocenters. The predicted molar refractivity (Wildman–Crippen MR) is 67.4 cm³/mol. The molecule has 17 heavy (non-hydrogen) atoms. The van der Waals surface area contributed by atoms with Crippen LogP contribution in [0, 0.1) is 0 Å². The largest absolute Gasteiger partial charge is 0.383 e. The van der Waals surface area contributed by atoms with Crippen LogP contribution in [0.1, 0.15) is 29.4 Å². The lowest BCUT2D eigenvalue weighted by Crippen LogP contribution is -2.35. The summed E-state index contributed by atoms with van der Waals surface area (Å²) in [5.74, 6) is -0.0889. The molecular formula is C12H17NO3S. The van der Waals surface area contributed by atoms with E-state index in [4.69, 9.17) is 4.74 Å². The van der Waals surface area contributed by atoms with Crippen LogP contribution in [0.25, 0.3) is 0 Å². The normalized spacial score (nSPS) is 12.1. The fourth-order valence-corrected chi connectivity index (χ4v) is 2.12. The van der Waals surface area contributed by atoms with Crippen molar-refractivity contribution in [1.82, 2.24) is 5.32 Å². The number of carbonyl (C=O) groups excluding carboxylic acids is 2. The summed E-state index contributed by atoms with van der Waals surface area (Å²) in [6.07, 6.45) is 0.483. The van der Waals surface area contributed by atoms with E-state index in [1.807, 2.05) is 18.4 Å². The zero-order chi connectivity index (χ0) is 12.7. The molecule has 0 spiro atoms. The van der Waals surface area contributed by atoms with Gasteiger partial charge in [0.2, 0.25) is 5.91 Å². The predicted octanol–water partition coefficient (Wildman–Crippen LogP) is 1.86. The first-order valence-corrected chi connectivity index (χ1v) is 6.36. The van der Waals surface area contributed by atoms with Gasteiger partial charge >= 0.3 is 0 Å². The van der Waals surface area contributed by atoms with Crippen molar-refractivity contribution >= 4 is 23.0 Å². The van der Waals surface area contributed by atoms with Crippen molar-refractivity contribution in [2.45, 2.75) is 25.8 Å². The van der Waals surface area contributed by atoms with Crippen LogP contribution in [0.4, 0.5) is 0 Å². The Bertz CT molecular complexity index is 362. The number of rotatable bonds is 7. The summed E-state index contributed by atoms with van der Waals surface area (Å²) in [6.45, 7) is 2.34. The van der Waals surface area contributed by atoms with Crippen LogP contribution in [0.15, 0.2) is 17.5 Å². The van der Waals surface area contributed by atoms with Gasteiger partial charge in [-0.2, -0.15) is 0 Å². The lowest BCUT2D eigenvalue weighted by Gasteiger charge is -2.12. The standard InChI is InChI=1S/C12H17NO3S/c1-9(8-16-2)13-12(15)6-5-10(14)11-4-3-7-17-11/h3-4,7,9H,5-6,8H2,1-2H3,(H,13,15). The van der Waals surface area contributed by atoms with E-state index in [0.717, 1.165) is 0 Å². The Hall–Kier alpha value is -1.20. The molecule has 1 rings (SSSR count). The third-order valence-electron chi connectivity index (χ3n) is 2.20. The van der Waals surface area contributed by atoms with Gasteiger partial charge in [-0.3, -0.25) is 9.59 Å². The van der Waals surface area contributed by atoms with Crippen molar-refractivity contribution in [1.29, 1.82) is 0 Å². The summed E-state index contributed by atoms with van der Waals surface area (Å²) in [4.78, 5) is 23.8. The topological polar surface area (TPSA) is 55.4 Å². The first-order valence-electron chi connectivity index (χ1n) is 5.48. The number of nitrogens with one attached hydrogen (secondary N) is 1. The minimum Gasteiger partial charge on any atom is -0.383 e. The summed E-state index contributed by atoms with van der Waals surface area (Å²) in [7, 11) is 1.59. The highest BCUT2D eigenvalue weighted by Crippen LogP contribution is 2.12. The second kappa shape index (κ2) is 7.19. The van der Waals surface area contributed by atoms with Gasteiger partial charge in [-0.15, -0.1) is 11.3 Å². The van der Waals surface area contributed by atoms with Gasteiger partial charge in [-0.25, -0.2) is 0 Å². The van der Waals surface area contributed by atoms with Crippen LogP contribution < -0.4 is 5.32 Å². The minimum absolute atomic E-state index is 0.0227. The molecule has 0 aliphatic heterocycles.